The molecule has 0 unspecified atom stereocenters. The molecular weight excluding hydrogens is 272 g/mol. The second-order valence-corrected chi connectivity index (χ2v) is 5.35. The molecule has 4 nitrogen and oxygen atoms in total. The predicted molar refractivity (Wildman–Crippen MR) is 82.3 cm³/mol. The van der Waals surface area contributed by atoms with Crippen LogP contribution in [0.3, 0.4) is 0 Å². The maximum absolute atomic E-state index is 11.1. The van der Waals surface area contributed by atoms with Gasteiger partial charge in [0, 0.05) is 16.7 Å². The largest absolute Gasteiger partial charge is 0.497 e. The van der Waals surface area contributed by atoms with Crippen molar-refractivity contribution in [3.05, 3.63) is 42.5 Å². The average Bonchev–Trinajstić information content (AvgIpc) is 2.43. The van der Waals surface area contributed by atoms with E-state index in [9.17, 15) is 4.79 Å². The fourth-order valence-corrected chi connectivity index (χ4v) is 2.53. The molecule has 0 atom stereocenters. The van der Waals surface area contributed by atoms with Gasteiger partial charge in [0.2, 0.25) is 5.91 Å². The Morgan fingerprint density at radius 1 is 1.15 bits per heavy atom. The van der Waals surface area contributed by atoms with E-state index in [1.54, 1.807) is 24.9 Å². The van der Waals surface area contributed by atoms with Gasteiger partial charge in [0.15, 0.2) is 0 Å². The van der Waals surface area contributed by atoms with Gasteiger partial charge in [-0.25, -0.2) is 0 Å². The smallest absolute Gasteiger partial charge is 0.221 e. The molecule has 0 heterocycles. The topological polar surface area (TPSA) is 64.3 Å². The molecule has 0 saturated heterocycles. The van der Waals surface area contributed by atoms with Crippen molar-refractivity contribution in [2.45, 2.75) is 16.7 Å². The molecular formula is C15H16N2O2S. The highest BCUT2D eigenvalue weighted by atomic mass is 32.2. The summed E-state index contributed by atoms with van der Waals surface area (Å²) in [5.41, 5.74) is 7.02. The normalized spacial score (nSPS) is 10.1. The molecule has 20 heavy (non-hydrogen) atoms. The summed E-state index contributed by atoms with van der Waals surface area (Å²) >= 11 is 1.59. The van der Waals surface area contributed by atoms with Crippen LogP contribution in [0.15, 0.2) is 52.3 Å². The number of nitrogens with one attached hydrogen (secondary N) is 1. The number of ether oxygens (including phenoxy) is 1. The van der Waals surface area contributed by atoms with Crippen molar-refractivity contribution in [2.75, 3.05) is 18.2 Å². The van der Waals surface area contributed by atoms with Crippen molar-refractivity contribution >= 4 is 29.0 Å². The van der Waals surface area contributed by atoms with E-state index in [1.165, 1.54) is 6.92 Å². The zero-order chi connectivity index (χ0) is 14.5. The first-order valence-corrected chi connectivity index (χ1v) is 6.89. The van der Waals surface area contributed by atoms with E-state index >= 15 is 0 Å². The van der Waals surface area contributed by atoms with E-state index in [0.717, 1.165) is 15.5 Å². The number of amides is 1. The maximum atomic E-state index is 11.1. The van der Waals surface area contributed by atoms with Gasteiger partial charge in [-0.1, -0.05) is 11.8 Å². The fourth-order valence-electron chi connectivity index (χ4n) is 1.68. The van der Waals surface area contributed by atoms with Gasteiger partial charge in [0.05, 0.1) is 18.5 Å². The van der Waals surface area contributed by atoms with E-state index in [0.29, 0.717) is 11.4 Å². The number of nitrogen functional groups attached to an aromatic ring is 1. The Bertz CT molecular complexity index is 612. The van der Waals surface area contributed by atoms with Gasteiger partial charge in [-0.05, 0) is 42.5 Å². The summed E-state index contributed by atoms with van der Waals surface area (Å²) in [4.78, 5) is 13.2. The zero-order valence-corrected chi connectivity index (χ0v) is 12.2. The Kier molecular flexibility index (Phi) is 4.53. The Labute approximate surface area is 122 Å². The van der Waals surface area contributed by atoms with Crippen LogP contribution in [0.1, 0.15) is 6.92 Å². The molecule has 5 heteroatoms. The molecule has 2 aromatic carbocycles. The predicted octanol–water partition coefficient (Wildman–Crippen LogP) is 3.39. The summed E-state index contributed by atoms with van der Waals surface area (Å²) in [5.74, 6) is 0.689. The van der Waals surface area contributed by atoms with Gasteiger partial charge in [0.25, 0.3) is 0 Å². The van der Waals surface area contributed by atoms with Crippen molar-refractivity contribution < 1.29 is 9.53 Å². The first-order chi connectivity index (χ1) is 9.58. The molecule has 3 N–H and O–H groups in total. The molecule has 0 aliphatic heterocycles. The van der Waals surface area contributed by atoms with Crippen LogP contribution < -0.4 is 15.8 Å². The number of benzene rings is 2. The minimum Gasteiger partial charge on any atom is -0.497 e. The lowest BCUT2D eigenvalue weighted by Gasteiger charge is -2.09. The highest BCUT2D eigenvalue weighted by Crippen LogP contribution is 2.32. The van der Waals surface area contributed by atoms with Crippen LogP contribution in [0.5, 0.6) is 5.75 Å². The van der Waals surface area contributed by atoms with Crippen LogP contribution >= 0.6 is 11.8 Å². The molecule has 0 aliphatic carbocycles. The number of carbonyl (C=O) groups excluding carboxylic acids is 1. The van der Waals surface area contributed by atoms with Crippen molar-refractivity contribution in [1.82, 2.24) is 0 Å². The third-order valence-corrected chi connectivity index (χ3v) is 3.63. The van der Waals surface area contributed by atoms with Crippen LogP contribution in [0.25, 0.3) is 0 Å². The van der Waals surface area contributed by atoms with Crippen molar-refractivity contribution in [2.24, 2.45) is 0 Å². The molecule has 0 radical (unpaired) electrons. The number of rotatable bonds is 4. The lowest BCUT2D eigenvalue weighted by molar-refractivity contribution is -0.114. The summed E-state index contributed by atoms with van der Waals surface area (Å²) in [6.45, 7) is 1.46. The molecule has 0 aromatic heterocycles. The van der Waals surface area contributed by atoms with E-state index < -0.39 is 0 Å². The van der Waals surface area contributed by atoms with Crippen molar-refractivity contribution in [3.63, 3.8) is 0 Å². The lowest BCUT2D eigenvalue weighted by atomic mass is 10.2. The van der Waals surface area contributed by atoms with E-state index in [2.05, 4.69) is 5.32 Å². The number of anilines is 2. The SMILES string of the molecule is COc1ccc(Sc2ccc(N)c(NC(C)=O)c2)cc1. The van der Waals surface area contributed by atoms with Gasteiger partial charge in [-0.3, -0.25) is 4.79 Å². The standard InChI is InChI=1S/C15H16N2O2S/c1-10(18)17-15-9-13(7-8-14(15)16)20-12-5-3-11(19-2)4-6-12/h3-9H,16H2,1-2H3,(H,17,18). The molecule has 0 spiro atoms. The first-order valence-electron chi connectivity index (χ1n) is 6.07. The molecule has 0 fully saturated rings. The van der Waals surface area contributed by atoms with Crippen molar-refractivity contribution in [1.29, 1.82) is 0 Å². The Hall–Kier alpha value is -2.14. The second kappa shape index (κ2) is 6.34. The summed E-state index contributed by atoms with van der Waals surface area (Å²) in [6.07, 6.45) is 0. The number of methoxy groups -OCH3 is 1. The van der Waals surface area contributed by atoms with Gasteiger partial charge < -0.3 is 15.8 Å². The molecule has 0 aliphatic rings. The highest BCUT2D eigenvalue weighted by Gasteiger charge is 2.04. The Morgan fingerprint density at radius 3 is 2.40 bits per heavy atom. The third kappa shape index (κ3) is 3.68. The summed E-state index contributed by atoms with van der Waals surface area (Å²) in [5, 5.41) is 2.72. The van der Waals surface area contributed by atoms with Gasteiger partial charge in [-0.15, -0.1) is 0 Å². The second-order valence-electron chi connectivity index (χ2n) is 4.21. The third-order valence-electron chi connectivity index (χ3n) is 2.63. The van der Waals surface area contributed by atoms with E-state index in [-0.39, 0.29) is 5.91 Å². The zero-order valence-electron chi connectivity index (χ0n) is 11.3. The van der Waals surface area contributed by atoms with Crippen LogP contribution in [0.2, 0.25) is 0 Å². The number of nitrogens with two attached hydrogens (primary N) is 1. The van der Waals surface area contributed by atoms with Crippen LogP contribution in [-0.2, 0) is 4.79 Å². The minimum atomic E-state index is -0.136. The van der Waals surface area contributed by atoms with Crippen LogP contribution in [-0.4, -0.2) is 13.0 Å². The summed E-state index contributed by atoms with van der Waals surface area (Å²) < 4.78 is 5.12. The average molecular weight is 288 g/mol. The van der Waals surface area contributed by atoms with E-state index in [1.807, 2.05) is 36.4 Å². The van der Waals surface area contributed by atoms with Crippen molar-refractivity contribution in [3.8, 4) is 5.75 Å². The van der Waals surface area contributed by atoms with Crippen LogP contribution in [0.4, 0.5) is 11.4 Å². The maximum Gasteiger partial charge on any atom is 0.221 e. The summed E-state index contributed by atoms with van der Waals surface area (Å²) in [6, 6.07) is 13.4. The fraction of sp³-hybridized carbons (Fsp3) is 0.133. The quantitative estimate of drug-likeness (QED) is 0.846. The van der Waals surface area contributed by atoms with Gasteiger partial charge >= 0.3 is 0 Å². The molecule has 104 valence electrons. The van der Waals surface area contributed by atoms with Gasteiger partial charge in [0.1, 0.15) is 5.75 Å². The molecule has 2 aromatic rings. The first kappa shape index (κ1) is 14.3. The Morgan fingerprint density at radius 2 is 1.80 bits per heavy atom. The number of carbonyl (C=O) groups is 1. The summed E-state index contributed by atoms with van der Waals surface area (Å²) in [7, 11) is 1.64. The molecule has 1 amide bonds. The molecule has 0 saturated carbocycles. The minimum absolute atomic E-state index is 0.136. The Balaban J connectivity index is 2.18. The molecule has 0 bridgehead atoms. The number of hydrogen-bond donors (Lipinski definition) is 2. The van der Waals surface area contributed by atoms with Crippen LogP contribution in [0, 0.1) is 0 Å². The van der Waals surface area contributed by atoms with E-state index in [4.69, 9.17) is 10.5 Å². The molecule has 2 rings (SSSR count). The number of hydrogen-bond acceptors (Lipinski definition) is 4. The lowest BCUT2D eigenvalue weighted by Crippen LogP contribution is -2.07. The highest BCUT2D eigenvalue weighted by molar-refractivity contribution is 7.99. The monoisotopic (exact) mass is 288 g/mol. The van der Waals surface area contributed by atoms with Gasteiger partial charge in [-0.2, -0.15) is 0 Å².